The molecule has 0 aromatic carbocycles. The van der Waals surface area contributed by atoms with E-state index in [0.29, 0.717) is 0 Å². The molecule has 1 heterocycles. The van der Waals surface area contributed by atoms with E-state index < -0.39 is 16.9 Å². The van der Waals surface area contributed by atoms with Crippen LogP contribution in [0, 0.1) is 6.92 Å². The van der Waals surface area contributed by atoms with Crippen LogP contribution in [0.5, 0.6) is 0 Å². The molecular formula is C7H4Cl2F3N. The maximum Gasteiger partial charge on any atom is 0.419 e. The molecule has 0 aliphatic heterocycles. The van der Waals surface area contributed by atoms with Gasteiger partial charge in [0.15, 0.2) is 0 Å². The van der Waals surface area contributed by atoms with Crippen LogP contribution in [0.4, 0.5) is 13.2 Å². The topological polar surface area (TPSA) is 12.9 Å². The summed E-state index contributed by atoms with van der Waals surface area (Å²) < 4.78 is 36.5. The Labute approximate surface area is 82.5 Å². The van der Waals surface area contributed by atoms with Crippen molar-refractivity contribution in [1.82, 2.24) is 4.98 Å². The van der Waals surface area contributed by atoms with Crippen LogP contribution in [0.3, 0.4) is 0 Å². The third-order valence-electron chi connectivity index (χ3n) is 1.41. The molecule has 1 aromatic heterocycles. The van der Waals surface area contributed by atoms with Gasteiger partial charge in [-0.15, -0.1) is 0 Å². The van der Waals surface area contributed by atoms with Crippen molar-refractivity contribution in [3.05, 3.63) is 27.5 Å². The van der Waals surface area contributed by atoms with Crippen LogP contribution >= 0.6 is 23.2 Å². The average Bonchev–Trinajstić information content (AvgIpc) is 1.94. The summed E-state index contributed by atoms with van der Waals surface area (Å²) in [5.41, 5.74) is -0.732. The van der Waals surface area contributed by atoms with E-state index in [2.05, 4.69) is 4.98 Å². The number of rotatable bonds is 0. The number of hydrogen-bond donors (Lipinski definition) is 0. The number of aryl methyl sites for hydroxylation is 1. The first-order valence-corrected chi connectivity index (χ1v) is 3.98. The van der Waals surface area contributed by atoms with Crippen LogP contribution in [0.1, 0.15) is 11.3 Å². The molecule has 0 saturated heterocycles. The standard InChI is InChI=1S/C7H4Cl2F3N/c1-3-5(8)2-4(6(9)13-3)7(10,11)12/h2H,1H3. The van der Waals surface area contributed by atoms with E-state index in [1.165, 1.54) is 6.92 Å². The molecule has 0 spiro atoms. The first-order valence-electron chi connectivity index (χ1n) is 3.22. The zero-order valence-corrected chi connectivity index (χ0v) is 7.93. The normalized spacial score (nSPS) is 11.8. The first-order chi connectivity index (χ1) is 5.82. The van der Waals surface area contributed by atoms with Crippen molar-refractivity contribution >= 4 is 23.2 Å². The van der Waals surface area contributed by atoms with Gasteiger partial charge in [-0.1, -0.05) is 23.2 Å². The Bertz CT molecular complexity index is 335. The van der Waals surface area contributed by atoms with E-state index in [9.17, 15) is 13.2 Å². The highest BCUT2D eigenvalue weighted by molar-refractivity contribution is 6.33. The summed E-state index contributed by atoms with van der Waals surface area (Å²) in [4.78, 5) is 3.45. The van der Waals surface area contributed by atoms with Gasteiger partial charge in [0, 0.05) is 0 Å². The van der Waals surface area contributed by atoms with Crippen molar-refractivity contribution in [3.8, 4) is 0 Å². The zero-order chi connectivity index (χ0) is 10.2. The molecule has 1 nitrogen and oxygen atoms in total. The third kappa shape index (κ3) is 2.25. The maximum atomic E-state index is 12.2. The molecule has 0 unspecified atom stereocenters. The fraction of sp³-hybridized carbons (Fsp3) is 0.286. The summed E-state index contributed by atoms with van der Waals surface area (Å²) in [5, 5.41) is -0.619. The van der Waals surface area contributed by atoms with E-state index in [1.54, 1.807) is 0 Å². The van der Waals surface area contributed by atoms with Crippen molar-refractivity contribution in [2.24, 2.45) is 0 Å². The van der Waals surface area contributed by atoms with Gasteiger partial charge in [-0.3, -0.25) is 0 Å². The Balaban J connectivity index is 3.32. The van der Waals surface area contributed by atoms with Crippen LogP contribution in [0.25, 0.3) is 0 Å². The van der Waals surface area contributed by atoms with Crippen LogP contribution in [0.2, 0.25) is 10.2 Å². The van der Waals surface area contributed by atoms with Gasteiger partial charge in [-0.25, -0.2) is 4.98 Å². The third-order valence-corrected chi connectivity index (χ3v) is 2.08. The number of aromatic nitrogens is 1. The molecule has 0 bridgehead atoms. The lowest BCUT2D eigenvalue weighted by atomic mass is 10.2. The largest absolute Gasteiger partial charge is 0.419 e. The van der Waals surface area contributed by atoms with Gasteiger partial charge < -0.3 is 0 Å². The molecule has 0 atom stereocenters. The van der Waals surface area contributed by atoms with Crippen molar-refractivity contribution in [2.75, 3.05) is 0 Å². The minimum Gasteiger partial charge on any atom is -0.239 e. The SMILES string of the molecule is Cc1nc(Cl)c(C(F)(F)F)cc1Cl. The monoisotopic (exact) mass is 229 g/mol. The van der Waals surface area contributed by atoms with E-state index in [4.69, 9.17) is 23.2 Å². The van der Waals surface area contributed by atoms with Crippen molar-refractivity contribution in [2.45, 2.75) is 13.1 Å². The van der Waals surface area contributed by atoms with E-state index in [1.807, 2.05) is 0 Å². The highest BCUT2D eigenvalue weighted by Crippen LogP contribution is 2.35. The highest BCUT2D eigenvalue weighted by atomic mass is 35.5. The Kier molecular flexibility index (Phi) is 2.73. The molecule has 0 aliphatic carbocycles. The smallest absolute Gasteiger partial charge is 0.239 e. The molecule has 0 N–H and O–H groups in total. The lowest BCUT2D eigenvalue weighted by Gasteiger charge is -2.09. The van der Waals surface area contributed by atoms with Crippen molar-refractivity contribution in [1.29, 1.82) is 0 Å². The summed E-state index contributed by atoms with van der Waals surface area (Å²) in [5.74, 6) is 0. The molecule has 0 saturated carbocycles. The fourth-order valence-electron chi connectivity index (χ4n) is 0.750. The van der Waals surface area contributed by atoms with Crippen LogP contribution in [-0.4, -0.2) is 4.98 Å². The first kappa shape index (κ1) is 10.6. The molecule has 0 radical (unpaired) electrons. The summed E-state index contributed by atoms with van der Waals surface area (Å²) in [6, 6.07) is 0.770. The minimum atomic E-state index is -4.51. The van der Waals surface area contributed by atoms with Gasteiger partial charge in [-0.2, -0.15) is 13.2 Å². The molecular weight excluding hydrogens is 226 g/mol. The molecule has 72 valence electrons. The number of alkyl halides is 3. The van der Waals surface area contributed by atoms with E-state index in [-0.39, 0.29) is 10.7 Å². The number of nitrogens with zero attached hydrogens (tertiary/aromatic N) is 1. The lowest BCUT2D eigenvalue weighted by Crippen LogP contribution is -2.07. The second-order valence-corrected chi connectivity index (χ2v) is 3.16. The fourth-order valence-corrected chi connectivity index (χ4v) is 1.19. The number of pyridine rings is 1. The van der Waals surface area contributed by atoms with Crippen LogP contribution in [0.15, 0.2) is 6.07 Å². The number of hydrogen-bond acceptors (Lipinski definition) is 1. The Morgan fingerprint density at radius 3 is 2.31 bits per heavy atom. The van der Waals surface area contributed by atoms with Crippen LogP contribution < -0.4 is 0 Å². The Morgan fingerprint density at radius 2 is 1.85 bits per heavy atom. The second-order valence-electron chi connectivity index (χ2n) is 2.39. The van der Waals surface area contributed by atoms with Gasteiger partial charge >= 0.3 is 6.18 Å². The van der Waals surface area contributed by atoms with Gasteiger partial charge in [0.05, 0.1) is 16.3 Å². The zero-order valence-electron chi connectivity index (χ0n) is 6.41. The lowest BCUT2D eigenvalue weighted by molar-refractivity contribution is -0.137. The highest BCUT2D eigenvalue weighted by Gasteiger charge is 2.34. The van der Waals surface area contributed by atoms with Gasteiger partial charge in [0.2, 0.25) is 0 Å². The van der Waals surface area contributed by atoms with E-state index >= 15 is 0 Å². The molecule has 0 fully saturated rings. The molecule has 6 heteroatoms. The average molecular weight is 230 g/mol. The molecule has 0 amide bonds. The van der Waals surface area contributed by atoms with Gasteiger partial charge in [-0.05, 0) is 13.0 Å². The predicted molar refractivity (Wildman–Crippen MR) is 44.0 cm³/mol. The van der Waals surface area contributed by atoms with Crippen LogP contribution in [-0.2, 0) is 6.18 Å². The predicted octanol–water partition coefficient (Wildman–Crippen LogP) is 3.72. The van der Waals surface area contributed by atoms with E-state index in [0.717, 1.165) is 6.07 Å². The summed E-state index contributed by atoms with van der Waals surface area (Å²) in [6.45, 7) is 1.48. The molecule has 1 rings (SSSR count). The summed E-state index contributed by atoms with van der Waals surface area (Å²) in [6.07, 6.45) is -4.51. The summed E-state index contributed by atoms with van der Waals surface area (Å²) >= 11 is 10.8. The summed E-state index contributed by atoms with van der Waals surface area (Å²) in [7, 11) is 0. The Morgan fingerprint density at radius 1 is 1.31 bits per heavy atom. The van der Waals surface area contributed by atoms with Gasteiger partial charge in [0.25, 0.3) is 0 Å². The van der Waals surface area contributed by atoms with Crippen molar-refractivity contribution < 1.29 is 13.2 Å². The van der Waals surface area contributed by atoms with Gasteiger partial charge in [0.1, 0.15) is 5.15 Å². The quantitative estimate of drug-likeness (QED) is 0.619. The van der Waals surface area contributed by atoms with Crippen molar-refractivity contribution in [3.63, 3.8) is 0 Å². The molecule has 13 heavy (non-hydrogen) atoms. The molecule has 1 aromatic rings. The minimum absolute atomic E-state index is 0.0447. The molecule has 0 aliphatic rings. The Hall–Kier alpha value is -0.480. The maximum absolute atomic E-state index is 12.2. The number of halogens is 5. The second kappa shape index (κ2) is 3.35.